The van der Waals surface area contributed by atoms with E-state index in [2.05, 4.69) is 29.1 Å². The van der Waals surface area contributed by atoms with Crippen molar-refractivity contribution in [3.8, 4) is 0 Å². The summed E-state index contributed by atoms with van der Waals surface area (Å²) in [5.41, 5.74) is 0.963. The summed E-state index contributed by atoms with van der Waals surface area (Å²) in [6.45, 7) is 6.13. The molecule has 1 aromatic heterocycles. The molecule has 1 aliphatic rings. The van der Waals surface area contributed by atoms with Crippen LogP contribution in [0.2, 0.25) is 0 Å². The summed E-state index contributed by atoms with van der Waals surface area (Å²) < 4.78 is 0. The van der Waals surface area contributed by atoms with Crippen molar-refractivity contribution in [2.75, 3.05) is 5.32 Å². The number of carbonyl (C=O) groups is 1. The summed E-state index contributed by atoms with van der Waals surface area (Å²) in [5, 5.41) is 12.4. The van der Waals surface area contributed by atoms with Gasteiger partial charge >= 0.3 is 5.97 Å². The van der Waals surface area contributed by atoms with Gasteiger partial charge < -0.3 is 10.4 Å². The van der Waals surface area contributed by atoms with Gasteiger partial charge in [0.2, 0.25) is 0 Å². The maximum absolute atomic E-state index is 10.9. The molecule has 0 spiro atoms. The first-order valence-electron chi connectivity index (χ1n) is 7.30. The van der Waals surface area contributed by atoms with E-state index in [0.717, 1.165) is 43.0 Å². The van der Waals surface area contributed by atoms with E-state index in [1.165, 1.54) is 0 Å². The number of aryl methyl sites for hydroxylation is 1. The van der Waals surface area contributed by atoms with Crippen LogP contribution >= 0.6 is 0 Å². The van der Waals surface area contributed by atoms with Crippen molar-refractivity contribution in [3.05, 3.63) is 17.6 Å². The molecule has 0 bridgehead atoms. The van der Waals surface area contributed by atoms with Gasteiger partial charge in [-0.05, 0) is 32.6 Å². The normalized spacial score (nSPS) is 22.8. The first-order chi connectivity index (χ1) is 9.45. The van der Waals surface area contributed by atoms with E-state index in [1.54, 1.807) is 0 Å². The quantitative estimate of drug-likeness (QED) is 0.885. The lowest BCUT2D eigenvalue weighted by Gasteiger charge is -2.27. The monoisotopic (exact) mass is 277 g/mol. The summed E-state index contributed by atoms with van der Waals surface area (Å²) in [4.78, 5) is 19.9. The number of aromatic nitrogens is 2. The van der Waals surface area contributed by atoms with Crippen LogP contribution in [0.3, 0.4) is 0 Å². The minimum absolute atomic E-state index is 0.175. The Labute approximate surface area is 119 Å². The summed E-state index contributed by atoms with van der Waals surface area (Å²) >= 11 is 0. The third kappa shape index (κ3) is 3.68. The van der Waals surface area contributed by atoms with E-state index in [-0.39, 0.29) is 5.92 Å². The first kappa shape index (κ1) is 14.8. The third-order valence-corrected chi connectivity index (χ3v) is 3.82. The topological polar surface area (TPSA) is 75.1 Å². The Morgan fingerprint density at radius 1 is 1.30 bits per heavy atom. The Bertz CT molecular complexity index is 480. The van der Waals surface area contributed by atoms with Gasteiger partial charge in [-0.3, -0.25) is 4.79 Å². The van der Waals surface area contributed by atoms with Gasteiger partial charge in [0.05, 0.1) is 5.92 Å². The van der Waals surface area contributed by atoms with Crippen LogP contribution in [0.1, 0.15) is 57.0 Å². The molecule has 2 N–H and O–H groups in total. The molecule has 0 aromatic carbocycles. The van der Waals surface area contributed by atoms with Crippen molar-refractivity contribution in [3.63, 3.8) is 0 Å². The van der Waals surface area contributed by atoms with Gasteiger partial charge in [-0.15, -0.1) is 0 Å². The molecular formula is C15H23N3O2. The lowest BCUT2D eigenvalue weighted by atomic mass is 9.86. The highest BCUT2D eigenvalue weighted by Gasteiger charge is 2.26. The van der Waals surface area contributed by atoms with Crippen molar-refractivity contribution in [2.45, 2.75) is 58.4 Å². The van der Waals surface area contributed by atoms with E-state index in [0.29, 0.717) is 12.0 Å². The van der Waals surface area contributed by atoms with Crippen LogP contribution in [-0.2, 0) is 4.79 Å². The number of nitrogens with zero attached hydrogens (tertiary/aromatic N) is 2. The van der Waals surface area contributed by atoms with Crippen LogP contribution in [0.15, 0.2) is 6.07 Å². The highest BCUT2D eigenvalue weighted by molar-refractivity contribution is 5.70. The van der Waals surface area contributed by atoms with E-state index in [1.807, 2.05) is 13.0 Å². The van der Waals surface area contributed by atoms with Gasteiger partial charge in [0.15, 0.2) is 0 Å². The number of carboxylic acids is 1. The number of hydrogen-bond donors (Lipinski definition) is 2. The standard InChI is InChI=1S/C15H23N3O2/c1-9(2)14-16-10(3)8-13(18-14)17-12-6-4-11(5-7-12)15(19)20/h8-9,11-12H,4-7H2,1-3H3,(H,19,20)(H,16,17,18). The molecule has 5 heteroatoms. The summed E-state index contributed by atoms with van der Waals surface area (Å²) in [6, 6.07) is 2.27. The highest BCUT2D eigenvalue weighted by Crippen LogP contribution is 2.26. The van der Waals surface area contributed by atoms with Crippen molar-refractivity contribution >= 4 is 11.8 Å². The fourth-order valence-corrected chi connectivity index (χ4v) is 2.62. The maximum Gasteiger partial charge on any atom is 0.306 e. The lowest BCUT2D eigenvalue weighted by molar-refractivity contribution is -0.142. The summed E-state index contributed by atoms with van der Waals surface area (Å²) in [7, 11) is 0. The molecule has 20 heavy (non-hydrogen) atoms. The Kier molecular flexibility index (Phi) is 4.57. The smallest absolute Gasteiger partial charge is 0.306 e. The molecule has 1 saturated carbocycles. The number of aliphatic carboxylic acids is 1. The molecule has 1 heterocycles. The molecule has 0 saturated heterocycles. The third-order valence-electron chi connectivity index (χ3n) is 3.82. The van der Waals surface area contributed by atoms with Gasteiger partial charge in [0.25, 0.3) is 0 Å². The number of carboxylic acid groups (broad SMARTS) is 1. The highest BCUT2D eigenvalue weighted by atomic mass is 16.4. The van der Waals surface area contributed by atoms with Gasteiger partial charge in [0, 0.05) is 23.7 Å². The van der Waals surface area contributed by atoms with Crippen LogP contribution in [0, 0.1) is 12.8 Å². The molecule has 0 amide bonds. The molecule has 5 nitrogen and oxygen atoms in total. The fourth-order valence-electron chi connectivity index (χ4n) is 2.62. The molecule has 0 unspecified atom stereocenters. The van der Waals surface area contributed by atoms with E-state index >= 15 is 0 Å². The second-order valence-electron chi connectivity index (χ2n) is 5.94. The van der Waals surface area contributed by atoms with Gasteiger partial charge in [-0.1, -0.05) is 13.8 Å². The Morgan fingerprint density at radius 2 is 1.95 bits per heavy atom. The van der Waals surface area contributed by atoms with Crippen molar-refractivity contribution in [1.82, 2.24) is 9.97 Å². The lowest BCUT2D eigenvalue weighted by Crippen LogP contribution is -2.29. The van der Waals surface area contributed by atoms with Crippen LogP contribution in [0.4, 0.5) is 5.82 Å². The molecule has 1 aromatic rings. The maximum atomic E-state index is 10.9. The second kappa shape index (κ2) is 6.20. The van der Waals surface area contributed by atoms with E-state index in [9.17, 15) is 4.79 Å². The molecule has 0 radical (unpaired) electrons. The minimum atomic E-state index is -0.663. The number of hydrogen-bond acceptors (Lipinski definition) is 4. The first-order valence-corrected chi connectivity index (χ1v) is 7.30. The molecule has 1 fully saturated rings. The molecule has 1 aliphatic carbocycles. The van der Waals surface area contributed by atoms with Crippen molar-refractivity contribution in [1.29, 1.82) is 0 Å². The number of rotatable bonds is 4. The zero-order chi connectivity index (χ0) is 14.7. The average Bonchev–Trinajstić information content (AvgIpc) is 2.38. The summed E-state index contributed by atoms with van der Waals surface area (Å²) in [6.07, 6.45) is 3.26. The number of anilines is 1. The SMILES string of the molecule is Cc1cc(NC2CCC(C(=O)O)CC2)nc(C(C)C)n1. The molecule has 110 valence electrons. The van der Waals surface area contributed by atoms with Crippen molar-refractivity contribution in [2.24, 2.45) is 5.92 Å². The predicted molar refractivity (Wildman–Crippen MR) is 77.9 cm³/mol. The molecular weight excluding hydrogens is 254 g/mol. The molecule has 2 rings (SSSR count). The Balaban J connectivity index is 1.99. The minimum Gasteiger partial charge on any atom is -0.481 e. The zero-order valence-electron chi connectivity index (χ0n) is 12.4. The van der Waals surface area contributed by atoms with Crippen LogP contribution in [0.5, 0.6) is 0 Å². The summed E-state index contributed by atoms with van der Waals surface area (Å²) in [5.74, 6) is 1.18. The van der Waals surface area contributed by atoms with E-state index < -0.39 is 5.97 Å². The second-order valence-corrected chi connectivity index (χ2v) is 5.94. The Morgan fingerprint density at radius 3 is 2.50 bits per heavy atom. The van der Waals surface area contributed by atoms with Crippen LogP contribution in [-0.4, -0.2) is 27.1 Å². The van der Waals surface area contributed by atoms with Crippen molar-refractivity contribution < 1.29 is 9.90 Å². The van der Waals surface area contributed by atoms with Gasteiger partial charge in [-0.25, -0.2) is 9.97 Å². The largest absolute Gasteiger partial charge is 0.481 e. The molecule has 0 atom stereocenters. The average molecular weight is 277 g/mol. The number of nitrogens with one attached hydrogen (secondary N) is 1. The van der Waals surface area contributed by atoms with E-state index in [4.69, 9.17) is 5.11 Å². The van der Waals surface area contributed by atoms with Crippen LogP contribution < -0.4 is 5.32 Å². The molecule has 0 aliphatic heterocycles. The predicted octanol–water partition coefficient (Wildman–Crippen LogP) is 2.96. The van der Waals surface area contributed by atoms with Gasteiger partial charge in [-0.2, -0.15) is 0 Å². The van der Waals surface area contributed by atoms with Crippen LogP contribution in [0.25, 0.3) is 0 Å². The Hall–Kier alpha value is -1.65. The fraction of sp³-hybridized carbons (Fsp3) is 0.667. The van der Waals surface area contributed by atoms with Gasteiger partial charge in [0.1, 0.15) is 11.6 Å². The zero-order valence-corrected chi connectivity index (χ0v) is 12.4.